The molecule has 0 spiro atoms. The van der Waals surface area contributed by atoms with Gasteiger partial charge in [-0.25, -0.2) is 0 Å². The second-order valence-corrected chi connectivity index (χ2v) is 5.44. The number of benzene rings is 2. The molecule has 5 heteroatoms. The fourth-order valence-corrected chi connectivity index (χ4v) is 2.79. The van der Waals surface area contributed by atoms with E-state index < -0.39 is 0 Å². The van der Waals surface area contributed by atoms with E-state index in [0.717, 1.165) is 11.1 Å². The Morgan fingerprint density at radius 1 is 0.750 bits per heavy atom. The zero-order valence-corrected chi connectivity index (χ0v) is 15.7. The van der Waals surface area contributed by atoms with Crippen LogP contribution >= 0.6 is 24.8 Å². The molecule has 0 aliphatic carbocycles. The Morgan fingerprint density at radius 3 is 1.38 bits per heavy atom. The number of carbonyl (C=O) groups is 1. The van der Waals surface area contributed by atoms with Crippen LogP contribution in [0.2, 0.25) is 0 Å². The summed E-state index contributed by atoms with van der Waals surface area (Å²) in [4.78, 5) is 13.1. The molecule has 2 atom stereocenters. The molecule has 0 aliphatic rings. The Labute approximate surface area is 157 Å². The lowest BCUT2D eigenvalue weighted by Gasteiger charge is -2.23. The smallest absolute Gasteiger partial charge is 0.150 e. The molecular weight excluding hydrogens is 343 g/mol. The summed E-state index contributed by atoms with van der Waals surface area (Å²) >= 11 is 0. The quantitative estimate of drug-likeness (QED) is 0.749. The third-order valence-electron chi connectivity index (χ3n) is 3.91. The molecule has 0 saturated heterocycles. The van der Waals surface area contributed by atoms with Crippen molar-refractivity contribution in [1.82, 2.24) is 10.6 Å². The van der Waals surface area contributed by atoms with E-state index in [1.807, 2.05) is 74.8 Å². The molecule has 3 nitrogen and oxygen atoms in total. The Hall–Kier alpha value is -1.39. The van der Waals surface area contributed by atoms with Gasteiger partial charge in [0.2, 0.25) is 0 Å². The lowest BCUT2D eigenvalue weighted by Crippen LogP contribution is -2.32. The lowest BCUT2D eigenvalue weighted by atomic mass is 9.83. The van der Waals surface area contributed by atoms with E-state index in [1.54, 1.807) is 0 Å². The van der Waals surface area contributed by atoms with Crippen LogP contribution in [-0.2, 0) is 4.79 Å². The van der Waals surface area contributed by atoms with E-state index in [0.29, 0.717) is 13.1 Å². The van der Waals surface area contributed by atoms with Gasteiger partial charge >= 0.3 is 0 Å². The van der Waals surface area contributed by atoms with E-state index in [9.17, 15) is 4.79 Å². The minimum absolute atomic E-state index is 0. The van der Waals surface area contributed by atoms with Crippen molar-refractivity contribution < 1.29 is 4.79 Å². The van der Waals surface area contributed by atoms with E-state index in [4.69, 9.17) is 0 Å². The molecule has 2 rings (SSSR count). The molecule has 2 aromatic carbocycles. The average Bonchev–Trinajstić information content (AvgIpc) is 2.58. The topological polar surface area (TPSA) is 41.1 Å². The largest absolute Gasteiger partial charge is 0.319 e. The summed E-state index contributed by atoms with van der Waals surface area (Å²) in [5.41, 5.74) is 2.14. The van der Waals surface area contributed by atoms with Crippen LogP contribution in [0.5, 0.6) is 0 Å². The van der Waals surface area contributed by atoms with Crippen molar-refractivity contribution >= 4 is 30.6 Å². The third kappa shape index (κ3) is 5.91. The predicted molar refractivity (Wildman–Crippen MR) is 106 cm³/mol. The summed E-state index contributed by atoms with van der Waals surface area (Å²) < 4.78 is 0. The molecule has 0 radical (unpaired) electrons. The summed E-state index contributed by atoms with van der Waals surface area (Å²) in [5.74, 6) is -0.0180. The van der Waals surface area contributed by atoms with Gasteiger partial charge in [0.15, 0.2) is 0 Å². The highest BCUT2D eigenvalue weighted by Gasteiger charge is 2.28. The van der Waals surface area contributed by atoms with Gasteiger partial charge in [0.25, 0.3) is 0 Å². The normalized spacial score (nSPS) is 12.4. The highest BCUT2D eigenvalue weighted by molar-refractivity contribution is 5.92. The number of carbonyl (C=O) groups excluding carboxylic acids is 1. The van der Waals surface area contributed by atoms with Gasteiger partial charge in [-0.05, 0) is 25.2 Å². The second-order valence-electron chi connectivity index (χ2n) is 5.44. The van der Waals surface area contributed by atoms with Gasteiger partial charge in [-0.3, -0.25) is 4.79 Å². The minimum Gasteiger partial charge on any atom is -0.319 e. The lowest BCUT2D eigenvalue weighted by molar-refractivity contribution is -0.121. The van der Waals surface area contributed by atoms with E-state index in [-0.39, 0.29) is 42.4 Å². The molecule has 0 heterocycles. The SMILES string of the molecule is CNCC(C(=O)C(CNC)c1ccccc1)c1ccccc1.Cl.Cl. The van der Waals surface area contributed by atoms with Crippen molar-refractivity contribution in [3.05, 3.63) is 71.8 Å². The molecule has 132 valence electrons. The number of hydrogen-bond donors (Lipinski definition) is 2. The van der Waals surface area contributed by atoms with Crippen molar-refractivity contribution in [2.45, 2.75) is 11.8 Å². The summed E-state index contributed by atoms with van der Waals surface area (Å²) in [5, 5.41) is 6.31. The number of halogens is 2. The van der Waals surface area contributed by atoms with Crippen LogP contribution in [0.3, 0.4) is 0 Å². The first-order chi connectivity index (χ1) is 10.8. The van der Waals surface area contributed by atoms with Crippen molar-refractivity contribution in [1.29, 1.82) is 0 Å². The maximum Gasteiger partial charge on any atom is 0.150 e. The number of Topliss-reactive ketones (excluding diaryl/α,β-unsaturated/α-hetero) is 1. The molecule has 2 unspecified atom stereocenters. The van der Waals surface area contributed by atoms with Crippen LogP contribution in [0.4, 0.5) is 0 Å². The summed E-state index contributed by atoms with van der Waals surface area (Å²) in [7, 11) is 3.78. The van der Waals surface area contributed by atoms with Gasteiger partial charge in [0, 0.05) is 13.1 Å². The molecule has 0 fully saturated rings. The zero-order valence-electron chi connectivity index (χ0n) is 14.1. The van der Waals surface area contributed by atoms with Crippen LogP contribution < -0.4 is 10.6 Å². The van der Waals surface area contributed by atoms with Gasteiger partial charge in [0.1, 0.15) is 5.78 Å². The van der Waals surface area contributed by atoms with Gasteiger partial charge in [-0.1, -0.05) is 60.7 Å². The van der Waals surface area contributed by atoms with Gasteiger partial charge in [-0.15, -0.1) is 24.8 Å². The highest BCUT2D eigenvalue weighted by Crippen LogP contribution is 2.26. The Morgan fingerprint density at radius 2 is 1.08 bits per heavy atom. The summed E-state index contributed by atoms with van der Waals surface area (Å²) in [6.07, 6.45) is 0. The molecule has 0 aliphatic heterocycles. The van der Waals surface area contributed by atoms with Crippen LogP contribution in [0.25, 0.3) is 0 Å². The maximum atomic E-state index is 13.1. The summed E-state index contributed by atoms with van der Waals surface area (Å²) in [6.45, 7) is 1.30. The van der Waals surface area contributed by atoms with Crippen molar-refractivity contribution in [2.24, 2.45) is 0 Å². The first-order valence-electron chi connectivity index (χ1n) is 7.70. The highest BCUT2D eigenvalue weighted by atomic mass is 35.5. The molecule has 2 aromatic rings. The molecular formula is C19H26Cl2N2O. The molecule has 0 bridgehead atoms. The van der Waals surface area contributed by atoms with Crippen LogP contribution in [-0.4, -0.2) is 33.0 Å². The Balaban J connectivity index is 0.00000264. The fourth-order valence-electron chi connectivity index (χ4n) is 2.79. The molecule has 2 N–H and O–H groups in total. The first-order valence-corrected chi connectivity index (χ1v) is 7.70. The van der Waals surface area contributed by atoms with E-state index in [2.05, 4.69) is 10.6 Å². The Kier molecular flexibility index (Phi) is 11.3. The van der Waals surface area contributed by atoms with Gasteiger partial charge in [-0.2, -0.15) is 0 Å². The number of rotatable bonds is 8. The first kappa shape index (κ1) is 22.6. The van der Waals surface area contributed by atoms with Gasteiger partial charge in [0.05, 0.1) is 11.8 Å². The number of likely N-dealkylation sites (N-methyl/N-ethyl adjacent to an activating group) is 2. The molecule has 24 heavy (non-hydrogen) atoms. The van der Waals surface area contributed by atoms with Crippen LogP contribution in [0.1, 0.15) is 23.0 Å². The molecule has 0 aromatic heterocycles. The zero-order chi connectivity index (χ0) is 15.8. The fraction of sp³-hybridized carbons (Fsp3) is 0.316. The predicted octanol–water partition coefficient (Wildman–Crippen LogP) is 3.41. The second kappa shape index (κ2) is 12.0. The van der Waals surface area contributed by atoms with Gasteiger partial charge < -0.3 is 10.6 Å². The Bertz CT molecular complexity index is 527. The number of ketones is 1. The third-order valence-corrected chi connectivity index (χ3v) is 3.91. The minimum atomic E-state index is -0.134. The van der Waals surface area contributed by atoms with Crippen molar-refractivity contribution in [2.75, 3.05) is 27.2 Å². The number of nitrogens with one attached hydrogen (secondary N) is 2. The number of hydrogen-bond acceptors (Lipinski definition) is 3. The standard InChI is InChI=1S/C19H24N2O.2ClH/c1-20-13-17(15-9-5-3-6-10-15)19(22)18(14-21-2)16-11-7-4-8-12-16;;/h3-12,17-18,20-21H,13-14H2,1-2H3;2*1H. The van der Waals surface area contributed by atoms with Crippen LogP contribution in [0.15, 0.2) is 60.7 Å². The van der Waals surface area contributed by atoms with Crippen LogP contribution in [0, 0.1) is 0 Å². The van der Waals surface area contributed by atoms with E-state index >= 15 is 0 Å². The van der Waals surface area contributed by atoms with E-state index in [1.165, 1.54) is 0 Å². The maximum absolute atomic E-state index is 13.1. The molecule has 0 amide bonds. The summed E-state index contributed by atoms with van der Waals surface area (Å²) in [6, 6.07) is 20.0. The average molecular weight is 369 g/mol. The van der Waals surface area contributed by atoms with Crippen molar-refractivity contribution in [3.8, 4) is 0 Å². The monoisotopic (exact) mass is 368 g/mol. The van der Waals surface area contributed by atoms with Crippen molar-refractivity contribution in [3.63, 3.8) is 0 Å². The molecule has 0 saturated carbocycles.